The Hall–Kier alpha value is 0.310. The molecule has 0 aromatic rings. The highest BCUT2D eigenvalue weighted by molar-refractivity contribution is 7.99. The Morgan fingerprint density at radius 2 is 1.83 bits per heavy atom. The lowest BCUT2D eigenvalue weighted by molar-refractivity contribution is 0.436. The summed E-state index contributed by atoms with van der Waals surface area (Å²) in [5, 5.41) is 3.60. The number of nitrogens with one attached hydrogen (secondary N) is 1. The van der Waals surface area contributed by atoms with Crippen molar-refractivity contribution in [3.63, 3.8) is 0 Å². The molecule has 1 saturated carbocycles. The minimum Gasteiger partial charge on any atom is -0.314 e. The summed E-state index contributed by atoms with van der Waals surface area (Å²) < 4.78 is 0. The van der Waals surface area contributed by atoms with E-state index in [1.165, 1.54) is 50.2 Å². The van der Waals surface area contributed by atoms with Gasteiger partial charge in [-0.1, -0.05) is 0 Å². The van der Waals surface area contributed by atoms with E-state index in [2.05, 4.69) is 17.1 Å². The van der Waals surface area contributed by atoms with Crippen LogP contribution >= 0.6 is 11.8 Å². The van der Waals surface area contributed by atoms with Crippen LogP contribution in [0.1, 0.15) is 32.1 Å². The molecule has 0 amide bonds. The summed E-state index contributed by atoms with van der Waals surface area (Å²) in [7, 11) is 0. The molecule has 0 bridgehead atoms. The molecule has 1 nitrogen and oxygen atoms in total. The monoisotopic (exact) mass is 185 g/mol. The van der Waals surface area contributed by atoms with Crippen molar-refractivity contribution < 1.29 is 0 Å². The number of hydrogen-bond acceptors (Lipinski definition) is 2. The van der Waals surface area contributed by atoms with E-state index in [0.29, 0.717) is 0 Å². The molecular formula is C10H19NS. The Labute approximate surface area is 79.7 Å². The lowest BCUT2D eigenvalue weighted by atomic mass is 9.99. The summed E-state index contributed by atoms with van der Waals surface area (Å²) in [6, 6.07) is 0.906. The van der Waals surface area contributed by atoms with Gasteiger partial charge in [-0.25, -0.2) is 0 Å². The first-order chi connectivity index (χ1) is 5.95. The van der Waals surface area contributed by atoms with Crippen LogP contribution in [0.4, 0.5) is 0 Å². The number of hydrogen-bond donors (Lipinski definition) is 1. The molecule has 2 aliphatic rings. The smallest absolute Gasteiger partial charge is 0.00682 e. The van der Waals surface area contributed by atoms with E-state index in [9.17, 15) is 0 Å². The minimum absolute atomic E-state index is 0.906. The van der Waals surface area contributed by atoms with E-state index in [-0.39, 0.29) is 0 Å². The van der Waals surface area contributed by atoms with E-state index in [1.54, 1.807) is 0 Å². The van der Waals surface area contributed by atoms with Crippen LogP contribution in [0.15, 0.2) is 0 Å². The molecule has 1 N–H and O–H groups in total. The molecule has 0 aromatic carbocycles. The van der Waals surface area contributed by atoms with Crippen LogP contribution in [-0.2, 0) is 0 Å². The van der Waals surface area contributed by atoms with E-state index in [0.717, 1.165) is 12.0 Å². The molecule has 2 fully saturated rings. The summed E-state index contributed by atoms with van der Waals surface area (Å²) in [6.45, 7) is 1.28. The van der Waals surface area contributed by atoms with Gasteiger partial charge >= 0.3 is 0 Å². The van der Waals surface area contributed by atoms with E-state index in [4.69, 9.17) is 0 Å². The van der Waals surface area contributed by atoms with Crippen LogP contribution in [0.2, 0.25) is 0 Å². The van der Waals surface area contributed by atoms with Crippen LogP contribution < -0.4 is 5.32 Å². The summed E-state index contributed by atoms with van der Waals surface area (Å²) in [5.74, 6) is 3.86. The molecule has 1 aliphatic heterocycles. The van der Waals surface area contributed by atoms with Gasteiger partial charge in [0, 0.05) is 6.04 Å². The van der Waals surface area contributed by atoms with E-state index >= 15 is 0 Å². The maximum Gasteiger partial charge on any atom is 0.00682 e. The molecule has 1 saturated heterocycles. The van der Waals surface area contributed by atoms with Crippen LogP contribution in [0.25, 0.3) is 0 Å². The lowest BCUT2D eigenvalue weighted by Crippen LogP contribution is -2.21. The quantitative estimate of drug-likeness (QED) is 0.721. The van der Waals surface area contributed by atoms with Crippen LogP contribution in [0.3, 0.4) is 0 Å². The normalized spacial score (nSPS) is 26.0. The van der Waals surface area contributed by atoms with Gasteiger partial charge in [0.25, 0.3) is 0 Å². The van der Waals surface area contributed by atoms with Gasteiger partial charge in [-0.15, -0.1) is 0 Å². The summed E-state index contributed by atoms with van der Waals surface area (Å²) in [6.07, 6.45) is 7.23. The topological polar surface area (TPSA) is 12.0 Å². The van der Waals surface area contributed by atoms with Crippen LogP contribution in [0, 0.1) is 5.92 Å². The standard InChI is InChI=1S/C10H19NS/c1-2-10(1)11-6-3-9-4-7-12-8-5-9/h9-11H,1-8H2. The van der Waals surface area contributed by atoms with Gasteiger partial charge in [0.05, 0.1) is 0 Å². The Morgan fingerprint density at radius 3 is 2.50 bits per heavy atom. The van der Waals surface area contributed by atoms with Crippen LogP contribution in [0.5, 0.6) is 0 Å². The fraction of sp³-hybridized carbons (Fsp3) is 1.00. The first kappa shape index (κ1) is 8.89. The molecular weight excluding hydrogens is 166 g/mol. The Kier molecular flexibility index (Phi) is 3.35. The van der Waals surface area contributed by atoms with Crippen molar-refractivity contribution in [3.05, 3.63) is 0 Å². The van der Waals surface area contributed by atoms with E-state index < -0.39 is 0 Å². The van der Waals surface area contributed by atoms with E-state index in [1.807, 2.05) is 0 Å². The third-order valence-corrected chi connectivity index (χ3v) is 3.95. The fourth-order valence-corrected chi connectivity index (χ4v) is 3.02. The SMILES string of the molecule is C(CC1CCSCC1)NC1CC1. The molecule has 0 unspecified atom stereocenters. The zero-order valence-electron chi connectivity index (χ0n) is 7.72. The molecule has 0 aromatic heterocycles. The van der Waals surface area contributed by atoms with Crippen molar-refractivity contribution in [2.45, 2.75) is 38.1 Å². The van der Waals surface area contributed by atoms with Crippen molar-refractivity contribution in [3.8, 4) is 0 Å². The molecule has 2 rings (SSSR count). The predicted molar refractivity (Wildman–Crippen MR) is 55.7 cm³/mol. The molecule has 0 spiro atoms. The van der Waals surface area contributed by atoms with Gasteiger partial charge < -0.3 is 5.32 Å². The molecule has 1 aliphatic carbocycles. The highest BCUT2D eigenvalue weighted by Crippen LogP contribution is 2.25. The zero-order chi connectivity index (χ0) is 8.23. The Bertz CT molecular complexity index is 128. The van der Waals surface area contributed by atoms with Gasteiger partial charge in [-0.05, 0) is 56.1 Å². The number of thioether (sulfide) groups is 1. The Balaban J connectivity index is 1.52. The second-order valence-electron chi connectivity index (χ2n) is 4.07. The Morgan fingerprint density at radius 1 is 1.08 bits per heavy atom. The van der Waals surface area contributed by atoms with Crippen molar-refractivity contribution >= 4 is 11.8 Å². The van der Waals surface area contributed by atoms with Crippen molar-refractivity contribution in [2.75, 3.05) is 18.1 Å². The first-order valence-corrected chi connectivity index (χ1v) is 6.42. The summed E-state index contributed by atoms with van der Waals surface area (Å²) >= 11 is 2.13. The van der Waals surface area contributed by atoms with Crippen molar-refractivity contribution in [1.29, 1.82) is 0 Å². The largest absolute Gasteiger partial charge is 0.314 e. The second kappa shape index (κ2) is 4.52. The van der Waals surface area contributed by atoms with Crippen molar-refractivity contribution in [1.82, 2.24) is 5.32 Å². The fourth-order valence-electron chi connectivity index (χ4n) is 1.81. The molecule has 0 atom stereocenters. The predicted octanol–water partition coefficient (Wildman–Crippen LogP) is 2.27. The minimum atomic E-state index is 0.906. The van der Waals surface area contributed by atoms with Gasteiger partial charge in [-0.2, -0.15) is 11.8 Å². The molecule has 1 heterocycles. The third kappa shape index (κ3) is 2.98. The van der Waals surface area contributed by atoms with Gasteiger partial charge in [-0.3, -0.25) is 0 Å². The third-order valence-electron chi connectivity index (χ3n) is 2.90. The summed E-state index contributed by atoms with van der Waals surface area (Å²) in [4.78, 5) is 0. The molecule has 0 radical (unpaired) electrons. The molecule has 2 heteroatoms. The lowest BCUT2D eigenvalue weighted by Gasteiger charge is -2.21. The zero-order valence-corrected chi connectivity index (χ0v) is 8.54. The first-order valence-electron chi connectivity index (χ1n) is 5.26. The van der Waals surface area contributed by atoms with Crippen LogP contribution in [-0.4, -0.2) is 24.1 Å². The average molecular weight is 185 g/mol. The average Bonchev–Trinajstić information content (AvgIpc) is 2.90. The highest BCUT2D eigenvalue weighted by Gasteiger charge is 2.20. The molecule has 12 heavy (non-hydrogen) atoms. The maximum atomic E-state index is 3.60. The summed E-state index contributed by atoms with van der Waals surface area (Å²) in [5.41, 5.74) is 0. The second-order valence-corrected chi connectivity index (χ2v) is 5.30. The molecule has 70 valence electrons. The van der Waals surface area contributed by atoms with Crippen molar-refractivity contribution in [2.24, 2.45) is 5.92 Å². The maximum absolute atomic E-state index is 3.60. The number of rotatable bonds is 4. The van der Waals surface area contributed by atoms with Gasteiger partial charge in [0.1, 0.15) is 0 Å². The highest BCUT2D eigenvalue weighted by atomic mass is 32.2. The van der Waals surface area contributed by atoms with Gasteiger partial charge in [0.15, 0.2) is 0 Å². The van der Waals surface area contributed by atoms with Gasteiger partial charge in [0.2, 0.25) is 0 Å².